The van der Waals surface area contributed by atoms with E-state index in [-0.39, 0.29) is 18.4 Å². The lowest BCUT2D eigenvalue weighted by Crippen LogP contribution is -2.29. The molecule has 12 heavy (non-hydrogen) atoms. The molecule has 4 atom stereocenters. The summed E-state index contributed by atoms with van der Waals surface area (Å²) in [6, 6.07) is 0. The van der Waals surface area contributed by atoms with Gasteiger partial charge in [-0.3, -0.25) is 0 Å². The molecular formula is C9H18O3. The fraction of sp³-hybridized carbons (Fsp3) is 1.00. The molecule has 0 amide bonds. The van der Waals surface area contributed by atoms with Gasteiger partial charge in [-0.1, -0.05) is 13.3 Å². The quantitative estimate of drug-likeness (QED) is 0.570. The minimum absolute atomic E-state index is 0.0154. The third-order valence-electron chi connectivity index (χ3n) is 2.82. The monoisotopic (exact) mass is 174 g/mol. The van der Waals surface area contributed by atoms with Crippen LogP contribution in [0, 0.1) is 11.8 Å². The minimum Gasteiger partial charge on any atom is -0.396 e. The van der Waals surface area contributed by atoms with Crippen molar-refractivity contribution in [1.82, 2.24) is 0 Å². The van der Waals surface area contributed by atoms with Gasteiger partial charge in [-0.05, 0) is 18.8 Å². The molecular weight excluding hydrogens is 156 g/mol. The maximum Gasteiger partial charge on any atom is 0.0851 e. The lowest BCUT2D eigenvalue weighted by atomic mass is 9.99. The van der Waals surface area contributed by atoms with Gasteiger partial charge in [-0.15, -0.1) is 0 Å². The maximum atomic E-state index is 9.53. The molecule has 0 spiro atoms. The number of aliphatic hydroxyl groups is 3. The van der Waals surface area contributed by atoms with Crippen molar-refractivity contribution in [3.8, 4) is 0 Å². The van der Waals surface area contributed by atoms with Crippen LogP contribution in [0.4, 0.5) is 0 Å². The molecule has 3 nitrogen and oxygen atoms in total. The Kier molecular flexibility index (Phi) is 3.50. The smallest absolute Gasteiger partial charge is 0.0851 e. The van der Waals surface area contributed by atoms with E-state index in [9.17, 15) is 10.2 Å². The number of hydrogen-bond donors (Lipinski definition) is 3. The van der Waals surface area contributed by atoms with Crippen molar-refractivity contribution >= 4 is 0 Å². The van der Waals surface area contributed by atoms with Gasteiger partial charge in [0.1, 0.15) is 0 Å². The summed E-state index contributed by atoms with van der Waals surface area (Å²) in [6.07, 6.45) is 1.38. The molecule has 1 fully saturated rings. The van der Waals surface area contributed by atoms with Gasteiger partial charge in [-0.25, -0.2) is 0 Å². The van der Waals surface area contributed by atoms with E-state index in [1.165, 1.54) is 0 Å². The van der Waals surface area contributed by atoms with Crippen LogP contribution < -0.4 is 0 Å². The highest BCUT2D eigenvalue weighted by Gasteiger charge is 2.40. The van der Waals surface area contributed by atoms with E-state index < -0.39 is 12.2 Å². The lowest BCUT2D eigenvalue weighted by molar-refractivity contribution is -0.00693. The average molecular weight is 174 g/mol. The van der Waals surface area contributed by atoms with Crippen molar-refractivity contribution < 1.29 is 15.3 Å². The molecule has 1 aliphatic rings. The van der Waals surface area contributed by atoms with Gasteiger partial charge in [0, 0.05) is 12.5 Å². The Balaban J connectivity index is 2.48. The molecule has 0 aromatic heterocycles. The largest absolute Gasteiger partial charge is 0.396 e. The van der Waals surface area contributed by atoms with Crippen LogP contribution in [-0.4, -0.2) is 34.1 Å². The normalized spacial score (nSPS) is 42.0. The molecule has 3 heteroatoms. The summed E-state index contributed by atoms with van der Waals surface area (Å²) in [4.78, 5) is 0. The van der Waals surface area contributed by atoms with E-state index in [0.717, 1.165) is 19.3 Å². The van der Waals surface area contributed by atoms with Crippen LogP contribution in [0.15, 0.2) is 0 Å². The Labute approximate surface area is 73.0 Å². The van der Waals surface area contributed by atoms with Crippen molar-refractivity contribution in [3.05, 3.63) is 0 Å². The van der Waals surface area contributed by atoms with Crippen LogP contribution >= 0.6 is 0 Å². The summed E-state index contributed by atoms with van der Waals surface area (Å²) in [7, 11) is 0. The molecule has 0 radical (unpaired) electrons. The van der Waals surface area contributed by atoms with Crippen LogP contribution in [0.25, 0.3) is 0 Å². The third kappa shape index (κ3) is 1.79. The second kappa shape index (κ2) is 4.21. The molecule has 1 aliphatic carbocycles. The molecule has 1 saturated carbocycles. The summed E-state index contributed by atoms with van der Waals surface area (Å²) in [5.74, 6) is 0.0682. The first kappa shape index (κ1) is 9.96. The van der Waals surface area contributed by atoms with Crippen LogP contribution in [0.5, 0.6) is 0 Å². The zero-order valence-corrected chi connectivity index (χ0v) is 7.48. The first-order chi connectivity index (χ1) is 5.70. The molecule has 0 heterocycles. The van der Waals surface area contributed by atoms with Crippen molar-refractivity contribution in [2.75, 3.05) is 6.61 Å². The summed E-state index contributed by atoms with van der Waals surface area (Å²) in [6.45, 7) is 2.05. The lowest BCUT2D eigenvalue weighted by Gasteiger charge is -2.15. The fourth-order valence-corrected chi connectivity index (χ4v) is 2.07. The molecule has 0 saturated heterocycles. The van der Waals surface area contributed by atoms with Crippen molar-refractivity contribution in [2.45, 2.75) is 38.4 Å². The van der Waals surface area contributed by atoms with E-state index in [1.807, 2.05) is 0 Å². The SMILES string of the molecule is CCC[C@H]1C[C@@H](CO)[C@H](O)[C@H]1O. The van der Waals surface area contributed by atoms with Gasteiger partial charge >= 0.3 is 0 Å². The van der Waals surface area contributed by atoms with Gasteiger partial charge in [0.2, 0.25) is 0 Å². The van der Waals surface area contributed by atoms with E-state index in [0.29, 0.717) is 0 Å². The third-order valence-corrected chi connectivity index (χ3v) is 2.82. The van der Waals surface area contributed by atoms with Crippen molar-refractivity contribution in [3.63, 3.8) is 0 Å². The summed E-state index contributed by atoms with van der Waals surface area (Å²) in [5.41, 5.74) is 0. The van der Waals surface area contributed by atoms with E-state index >= 15 is 0 Å². The Bertz CT molecular complexity index is 138. The summed E-state index contributed by atoms with van der Waals surface area (Å²) < 4.78 is 0. The van der Waals surface area contributed by atoms with Gasteiger partial charge in [-0.2, -0.15) is 0 Å². The van der Waals surface area contributed by atoms with Gasteiger partial charge < -0.3 is 15.3 Å². The van der Waals surface area contributed by atoms with Crippen molar-refractivity contribution in [1.29, 1.82) is 0 Å². The Morgan fingerprint density at radius 1 is 1.17 bits per heavy atom. The molecule has 0 unspecified atom stereocenters. The Hall–Kier alpha value is -0.120. The molecule has 1 rings (SSSR count). The predicted molar refractivity (Wildman–Crippen MR) is 45.6 cm³/mol. The standard InChI is InChI=1S/C9H18O3/c1-2-3-6-4-7(5-10)9(12)8(6)11/h6-12H,2-5H2,1H3/t6-,7-,8-,9-/m0/s1. The summed E-state index contributed by atoms with van der Waals surface area (Å²) >= 11 is 0. The van der Waals surface area contributed by atoms with E-state index in [1.54, 1.807) is 0 Å². The highest BCUT2D eigenvalue weighted by atomic mass is 16.3. The van der Waals surface area contributed by atoms with Crippen molar-refractivity contribution in [2.24, 2.45) is 11.8 Å². The van der Waals surface area contributed by atoms with Crippen LogP contribution in [0.3, 0.4) is 0 Å². The topological polar surface area (TPSA) is 60.7 Å². The highest BCUT2D eigenvalue weighted by molar-refractivity contribution is 4.90. The number of rotatable bonds is 3. The zero-order chi connectivity index (χ0) is 9.14. The second-order valence-corrected chi connectivity index (χ2v) is 3.71. The van der Waals surface area contributed by atoms with Gasteiger partial charge in [0.05, 0.1) is 12.2 Å². The first-order valence-electron chi connectivity index (χ1n) is 4.67. The van der Waals surface area contributed by atoms with E-state index in [4.69, 9.17) is 5.11 Å². The van der Waals surface area contributed by atoms with Crippen LogP contribution in [0.1, 0.15) is 26.2 Å². The fourth-order valence-electron chi connectivity index (χ4n) is 2.07. The predicted octanol–water partition coefficient (Wildman–Crippen LogP) is 0.137. The highest BCUT2D eigenvalue weighted by Crippen LogP contribution is 2.34. The van der Waals surface area contributed by atoms with Gasteiger partial charge in [0.15, 0.2) is 0 Å². The molecule has 3 N–H and O–H groups in total. The minimum atomic E-state index is -0.716. The van der Waals surface area contributed by atoms with Gasteiger partial charge in [0.25, 0.3) is 0 Å². The molecule has 0 aliphatic heterocycles. The number of aliphatic hydroxyl groups excluding tert-OH is 3. The molecule has 0 aromatic rings. The molecule has 72 valence electrons. The first-order valence-corrected chi connectivity index (χ1v) is 4.67. The number of hydrogen-bond acceptors (Lipinski definition) is 3. The van der Waals surface area contributed by atoms with Crippen LogP contribution in [-0.2, 0) is 0 Å². The maximum absolute atomic E-state index is 9.53. The zero-order valence-electron chi connectivity index (χ0n) is 7.48. The van der Waals surface area contributed by atoms with E-state index in [2.05, 4.69) is 6.92 Å². The average Bonchev–Trinajstić information content (AvgIpc) is 2.33. The summed E-state index contributed by atoms with van der Waals surface area (Å²) in [5, 5.41) is 27.8. The van der Waals surface area contributed by atoms with Crippen LogP contribution in [0.2, 0.25) is 0 Å². The second-order valence-electron chi connectivity index (χ2n) is 3.71. The Morgan fingerprint density at radius 2 is 1.75 bits per heavy atom. The Morgan fingerprint density at radius 3 is 2.17 bits per heavy atom. The molecule has 0 bridgehead atoms. The molecule has 0 aromatic carbocycles.